The summed E-state index contributed by atoms with van der Waals surface area (Å²) in [5.41, 5.74) is 3.94. The van der Waals surface area contributed by atoms with Crippen LogP contribution in [-0.2, 0) is 26.4 Å². The molecule has 0 aliphatic carbocycles. The summed E-state index contributed by atoms with van der Waals surface area (Å²) >= 11 is 0. The van der Waals surface area contributed by atoms with Crippen molar-refractivity contribution in [3.05, 3.63) is 106 Å². The number of rotatable bonds is 6. The molecule has 0 atom stereocenters. The van der Waals surface area contributed by atoms with Gasteiger partial charge >= 0.3 is 6.18 Å². The zero-order valence-electron chi connectivity index (χ0n) is 21.0. The molecular formula is C28H24F3N5O2. The van der Waals surface area contributed by atoms with Crippen LogP contribution in [0, 0.1) is 13.8 Å². The van der Waals surface area contributed by atoms with Crippen molar-refractivity contribution in [1.82, 2.24) is 24.3 Å². The fraction of sp³-hybridized carbons (Fsp3) is 0.214. The molecule has 0 bridgehead atoms. The number of pyridine rings is 3. The number of aromatic nitrogens is 5. The normalized spacial score (nSPS) is 11.7. The Kier molecular flexibility index (Phi) is 6.48. The van der Waals surface area contributed by atoms with E-state index >= 15 is 0 Å². The van der Waals surface area contributed by atoms with Crippen molar-refractivity contribution in [1.29, 1.82) is 0 Å². The van der Waals surface area contributed by atoms with E-state index in [0.29, 0.717) is 22.5 Å². The second kappa shape index (κ2) is 9.77. The molecule has 4 aromatic heterocycles. The smallest absolute Gasteiger partial charge is 0.417 e. The Morgan fingerprint density at radius 1 is 1.03 bits per heavy atom. The molecule has 0 aliphatic rings. The van der Waals surface area contributed by atoms with Gasteiger partial charge in [0.2, 0.25) is 0 Å². The third kappa shape index (κ3) is 4.89. The van der Waals surface area contributed by atoms with Crippen LogP contribution in [0.5, 0.6) is 5.75 Å². The summed E-state index contributed by atoms with van der Waals surface area (Å²) in [7, 11) is 1.87. The van der Waals surface area contributed by atoms with Crippen molar-refractivity contribution in [2.45, 2.75) is 33.2 Å². The van der Waals surface area contributed by atoms with Crippen LogP contribution in [0.25, 0.3) is 22.2 Å². The van der Waals surface area contributed by atoms with Gasteiger partial charge in [0.05, 0.1) is 23.5 Å². The maximum atomic E-state index is 13.2. The summed E-state index contributed by atoms with van der Waals surface area (Å²) < 4.78 is 48.7. The topological polar surface area (TPSA) is 74.8 Å². The standard InChI is InChI=1S/C28H24F3N5O2/c1-17-9-11-32-23(15-36-14-19(28(29,30)31)7-8-26(36)37)22(17)16-38-25-6-4-5-20-21(13-18(2)34-27(20)25)24-10-12-33-35(24)3/h4-14H,15-16H2,1-3H3. The van der Waals surface area contributed by atoms with Crippen LogP contribution in [-0.4, -0.2) is 24.3 Å². The molecule has 5 rings (SSSR count). The molecule has 38 heavy (non-hydrogen) atoms. The van der Waals surface area contributed by atoms with Gasteiger partial charge in [0.15, 0.2) is 0 Å². The highest BCUT2D eigenvalue weighted by atomic mass is 19.4. The van der Waals surface area contributed by atoms with Crippen LogP contribution in [0.15, 0.2) is 71.9 Å². The van der Waals surface area contributed by atoms with E-state index in [4.69, 9.17) is 9.72 Å². The zero-order chi connectivity index (χ0) is 27.0. The van der Waals surface area contributed by atoms with Crippen molar-refractivity contribution < 1.29 is 17.9 Å². The first-order valence-electron chi connectivity index (χ1n) is 11.8. The Hall–Kier alpha value is -4.47. The summed E-state index contributed by atoms with van der Waals surface area (Å²) in [4.78, 5) is 21.4. The van der Waals surface area contributed by atoms with Gasteiger partial charge in [-0.1, -0.05) is 12.1 Å². The SMILES string of the molecule is Cc1cc(-c2ccnn2C)c2cccc(OCc3c(C)ccnc3Cn3cc(C(F)(F)F)ccc3=O)c2n1. The van der Waals surface area contributed by atoms with Crippen LogP contribution >= 0.6 is 0 Å². The van der Waals surface area contributed by atoms with E-state index in [1.165, 1.54) is 0 Å². The highest BCUT2D eigenvalue weighted by molar-refractivity contribution is 5.97. The fourth-order valence-electron chi connectivity index (χ4n) is 4.43. The van der Waals surface area contributed by atoms with Crippen molar-refractivity contribution in [2.24, 2.45) is 7.05 Å². The second-order valence-corrected chi connectivity index (χ2v) is 9.03. The van der Waals surface area contributed by atoms with Gasteiger partial charge in [-0.2, -0.15) is 18.3 Å². The molecule has 1 aromatic carbocycles. The third-order valence-corrected chi connectivity index (χ3v) is 6.41. The lowest BCUT2D eigenvalue weighted by Crippen LogP contribution is -2.23. The number of benzene rings is 1. The molecule has 7 nitrogen and oxygen atoms in total. The van der Waals surface area contributed by atoms with Crippen molar-refractivity contribution in [3.8, 4) is 17.0 Å². The highest BCUT2D eigenvalue weighted by Crippen LogP contribution is 2.33. The molecule has 10 heteroatoms. The minimum Gasteiger partial charge on any atom is -0.487 e. The molecule has 0 saturated heterocycles. The number of halogens is 3. The first kappa shape index (κ1) is 25.2. The molecule has 0 spiro atoms. The van der Waals surface area contributed by atoms with Crippen LogP contribution in [0.2, 0.25) is 0 Å². The summed E-state index contributed by atoms with van der Waals surface area (Å²) in [6, 6.07) is 13.1. The monoisotopic (exact) mass is 519 g/mol. The molecule has 0 radical (unpaired) electrons. The van der Waals surface area contributed by atoms with E-state index in [9.17, 15) is 18.0 Å². The van der Waals surface area contributed by atoms with Crippen molar-refractivity contribution in [2.75, 3.05) is 0 Å². The average Bonchev–Trinajstić information content (AvgIpc) is 3.29. The molecule has 0 N–H and O–H groups in total. The van der Waals surface area contributed by atoms with Gasteiger partial charge in [-0.25, -0.2) is 4.98 Å². The second-order valence-electron chi connectivity index (χ2n) is 9.03. The number of nitrogens with zero attached hydrogens (tertiary/aromatic N) is 5. The van der Waals surface area contributed by atoms with E-state index in [1.807, 2.05) is 51.2 Å². The number of hydrogen-bond acceptors (Lipinski definition) is 5. The lowest BCUT2D eigenvalue weighted by atomic mass is 10.0. The van der Waals surface area contributed by atoms with E-state index in [1.54, 1.807) is 23.1 Å². The third-order valence-electron chi connectivity index (χ3n) is 6.41. The molecule has 0 fully saturated rings. The van der Waals surface area contributed by atoms with Crippen LogP contribution < -0.4 is 10.3 Å². The first-order chi connectivity index (χ1) is 18.1. The first-order valence-corrected chi connectivity index (χ1v) is 11.8. The van der Waals surface area contributed by atoms with E-state index in [0.717, 1.165) is 50.8 Å². The molecule has 194 valence electrons. The Morgan fingerprint density at radius 2 is 1.84 bits per heavy atom. The summed E-state index contributed by atoms with van der Waals surface area (Å²) in [5.74, 6) is 0.556. The Bertz CT molecular complexity index is 1710. The van der Waals surface area contributed by atoms with Gasteiger partial charge in [0.25, 0.3) is 5.56 Å². The van der Waals surface area contributed by atoms with Gasteiger partial charge in [-0.3, -0.25) is 14.5 Å². The number of ether oxygens (including phenoxy) is 1. The summed E-state index contributed by atoms with van der Waals surface area (Å²) in [5, 5.41) is 5.18. The molecule has 4 heterocycles. The quantitative estimate of drug-likeness (QED) is 0.298. The van der Waals surface area contributed by atoms with Crippen LogP contribution in [0.1, 0.15) is 28.1 Å². The average molecular weight is 520 g/mol. The molecular weight excluding hydrogens is 495 g/mol. The molecule has 0 unspecified atom stereocenters. The maximum Gasteiger partial charge on any atom is 0.417 e. The Balaban J connectivity index is 1.50. The highest BCUT2D eigenvalue weighted by Gasteiger charge is 2.31. The predicted octanol–water partition coefficient (Wildman–Crippen LogP) is 5.45. The number of fused-ring (bicyclic) bond motifs is 1. The molecule has 0 amide bonds. The van der Waals surface area contributed by atoms with Crippen molar-refractivity contribution >= 4 is 10.9 Å². The van der Waals surface area contributed by atoms with E-state index in [-0.39, 0.29) is 13.2 Å². The number of alkyl halides is 3. The van der Waals surface area contributed by atoms with Gasteiger partial charge in [0.1, 0.15) is 17.9 Å². The van der Waals surface area contributed by atoms with Crippen molar-refractivity contribution in [3.63, 3.8) is 0 Å². The number of aryl methyl sites for hydroxylation is 3. The summed E-state index contributed by atoms with van der Waals surface area (Å²) in [6.07, 6.45) is -0.445. The summed E-state index contributed by atoms with van der Waals surface area (Å²) in [6.45, 7) is 3.75. The minimum absolute atomic E-state index is 0.0957. The Labute approximate surface area is 216 Å². The van der Waals surface area contributed by atoms with Crippen LogP contribution in [0.4, 0.5) is 13.2 Å². The van der Waals surface area contributed by atoms with Gasteiger partial charge < -0.3 is 9.30 Å². The van der Waals surface area contributed by atoms with E-state index in [2.05, 4.69) is 10.1 Å². The number of para-hydroxylation sites is 1. The van der Waals surface area contributed by atoms with Crippen LogP contribution in [0.3, 0.4) is 0 Å². The lowest BCUT2D eigenvalue weighted by molar-refractivity contribution is -0.138. The zero-order valence-corrected chi connectivity index (χ0v) is 21.0. The molecule has 5 aromatic rings. The largest absolute Gasteiger partial charge is 0.487 e. The predicted molar refractivity (Wildman–Crippen MR) is 137 cm³/mol. The van der Waals surface area contributed by atoms with E-state index < -0.39 is 17.3 Å². The van der Waals surface area contributed by atoms with Gasteiger partial charge in [-0.05, 0) is 49.7 Å². The Morgan fingerprint density at radius 3 is 2.58 bits per heavy atom. The molecule has 0 aliphatic heterocycles. The lowest BCUT2D eigenvalue weighted by Gasteiger charge is -2.16. The van der Waals surface area contributed by atoms with Gasteiger partial charge in [0, 0.05) is 53.9 Å². The van der Waals surface area contributed by atoms with Gasteiger partial charge in [-0.15, -0.1) is 0 Å². The maximum absolute atomic E-state index is 13.2. The fourth-order valence-corrected chi connectivity index (χ4v) is 4.43. The molecule has 0 saturated carbocycles. The number of hydrogen-bond donors (Lipinski definition) is 0. The minimum atomic E-state index is -4.56.